The van der Waals surface area contributed by atoms with Crippen LogP contribution in [0.25, 0.3) is 0 Å². The third-order valence-electron chi connectivity index (χ3n) is 5.21. The molecule has 0 atom stereocenters. The van der Waals surface area contributed by atoms with Crippen molar-refractivity contribution in [2.75, 3.05) is 6.79 Å². The summed E-state index contributed by atoms with van der Waals surface area (Å²) >= 11 is 5.98. The summed E-state index contributed by atoms with van der Waals surface area (Å²) in [7, 11) is 0. The smallest absolute Gasteiger partial charge is 0.269 e. The van der Waals surface area contributed by atoms with E-state index in [-0.39, 0.29) is 12.7 Å². The zero-order valence-corrected chi connectivity index (χ0v) is 15.3. The van der Waals surface area contributed by atoms with Gasteiger partial charge in [-0.1, -0.05) is 36.6 Å². The monoisotopic (exact) mass is 386 g/mol. The summed E-state index contributed by atoms with van der Waals surface area (Å²) in [6.45, 7) is 0.140. The average molecular weight is 387 g/mol. The Morgan fingerprint density at radius 1 is 0.926 bits per heavy atom. The summed E-state index contributed by atoms with van der Waals surface area (Å²) in [4.78, 5) is 25.4. The molecule has 140 valence electrons. The fraction of sp³-hybridized carbons (Fsp3) is 0.300. The van der Waals surface area contributed by atoms with Gasteiger partial charge in [0.05, 0.1) is 5.41 Å². The quantitative estimate of drug-likeness (QED) is 0.793. The number of hydrogen-bond donors (Lipinski definition) is 2. The van der Waals surface area contributed by atoms with E-state index >= 15 is 0 Å². The van der Waals surface area contributed by atoms with E-state index in [1.54, 1.807) is 30.3 Å². The maximum absolute atomic E-state index is 13.0. The Morgan fingerprint density at radius 2 is 1.63 bits per heavy atom. The van der Waals surface area contributed by atoms with Gasteiger partial charge in [-0.25, -0.2) is 0 Å². The summed E-state index contributed by atoms with van der Waals surface area (Å²) in [6, 6.07) is 12.2. The molecule has 0 radical (unpaired) electrons. The summed E-state index contributed by atoms with van der Waals surface area (Å²) < 4.78 is 10.5. The Hall–Kier alpha value is -2.73. The average Bonchev–Trinajstić information content (AvgIpc) is 3.35. The Labute approximate surface area is 161 Å². The predicted molar refractivity (Wildman–Crippen MR) is 99.8 cm³/mol. The number of fused-ring (bicyclic) bond motifs is 1. The molecule has 1 saturated carbocycles. The highest BCUT2D eigenvalue weighted by Crippen LogP contribution is 2.41. The topological polar surface area (TPSA) is 76.7 Å². The van der Waals surface area contributed by atoms with Gasteiger partial charge in [-0.3, -0.25) is 20.4 Å². The largest absolute Gasteiger partial charge is 0.454 e. The Balaban J connectivity index is 1.47. The van der Waals surface area contributed by atoms with E-state index in [2.05, 4.69) is 10.9 Å². The van der Waals surface area contributed by atoms with Gasteiger partial charge in [-0.2, -0.15) is 0 Å². The van der Waals surface area contributed by atoms with E-state index in [9.17, 15) is 9.59 Å². The van der Waals surface area contributed by atoms with Crippen LogP contribution in [0.4, 0.5) is 0 Å². The first-order chi connectivity index (χ1) is 13.1. The molecule has 2 amide bonds. The number of nitrogens with one attached hydrogen (secondary N) is 2. The molecule has 1 heterocycles. The minimum absolute atomic E-state index is 0.140. The SMILES string of the molecule is O=C(NNC(=O)C1(c2ccc(Cl)cc2)CCCC1)c1ccc2c(c1)OCO2. The van der Waals surface area contributed by atoms with Crippen LogP contribution in [0.3, 0.4) is 0 Å². The summed E-state index contributed by atoms with van der Waals surface area (Å²) in [5.41, 5.74) is 5.76. The van der Waals surface area contributed by atoms with Gasteiger partial charge in [0.15, 0.2) is 11.5 Å². The Bertz CT molecular complexity index is 876. The standard InChI is InChI=1S/C20H19ClN2O4/c21-15-6-4-14(5-7-15)20(9-1-2-10-20)19(25)23-22-18(24)13-3-8-16-17(11-13)27-12-26-16/h3-8,11H,1-2,9-10,12H2,(H,22,24)(H,23,25). The van der Waals surface area contributed by atoms with Crippen molar-refractivity contribution in [1.29, 1.82) is 0 Å². The second-order valence-electron chi connectivity index (χ2n) is 6.77. The molecule has 27 heavy (non-hydrogen) atoms. The van der Waals surface area contributed by atoms with Gasteiger partial charge in [0.25, 0.3) is 5.91 Å². The van der Waals surface area contributed by atoms with Crippen molar-refractivity contribution in [2.24, 2.45) is 0 Å². The fourth-order valence-corrected chi connectivity index (χ4v) is 3.86. The van der Waals surface area contributed by atoms with Crippen molar-refractivity contribution >= 4 is 23.4 Å². The fourth-order valence-electron chi connectivity index (χ4n) is 3.74. The lowest BCUT2D eigenvalue weighted by Gasteiger charge is -2.28. The molecule has 2 N–H and O–H groups in total. The van der Waals surface area contributed by atoms with E-state index in [0.29, 0.717) is 22.1 Å². The first kappa shape index (κ1) is 17.7. The van der Waals surface area contributed by atoms with Crippen LogP contribution in [0.1, 0.15) is 41.6 Å². The van der Waals surface area contributed by atoms with Gasteiger partial charge >= 0.3 is 0 Å². The maximum atomic E-state index is 13.0. The first-order valence-corrected chi connectivity index (χ1v) is 9.23. The van der Waals surface area contributed by atoms with Gasteiger partial charge in [-0.15, -0.1) is 0 Å². The molecule has 2 aromatic carbocycles. The van der Waals surface area contributed by atoms with E-state index in [1.807, 2.05) is 12.1 Å². The highest BCUT2D eigenvalue weighted by Gasteiger charge is 2.42. The summed E-state index contributed by atoms with van der Waals surface area (Å²) in [6.07, 6.45) is 3.40. The molecule has 0 unspecified atom stereocenters. The number of carbonyl (C=O) groups excluding carboxylic acids is 2. The highest BCUT2D eigenvalue weighted by atomic mass is 35.5. The minimum atomic E-state index is -0.646. The zero-order chi connectivity index (χ0) is 18.9. The normalized spacial score (nSPS) is 16.8. The van der Waals surface area contributed by atoms with Crippen LogP contribution in [-0.4, -0.2) is 18.6 Å². The molecule has 4 rings (SSSR count). The van der Waals surface area contributed by atoms with Gasteiger partial charge < -0.3 is 9.47 Å². The molecule has 0 spiro atoms. The van der Waals surface area contributed by atoms with Crippen LogP contribution < -0.4 is 20.3 Å². The molecule has 1 aliphatic heterocycles. The number of ether oxygens (including phenoxy) is 2. The molecule has 6 nitrogen and oxygen atoms in total. The van der Waals surface area contributed by atoms with Crippen molar-refractivity contribution < 1.29 is 19.1 Å². The molecular weight excluding hydrogens is 368 g/mol. The van der Waals surface area contributed by atoms with Crippen molar-refractivity contribution in [3.8, 4) is 11.5 Å². The van der Waals surface area contributed by atoms with E-state index in [4.69, 9.17) is 21.1 Å². The lowest BCUT2D eigenvalue weighted by atomic mass is 9.78. The molecule has 0 saturated heterocycles. The summed E-state index contributed by atoms with van der Waals surface area (Å²) in [5.74, 6) is 0.493. The lowest BCUT2D eigenvalue weighted by Crippen LogP contribution is -2.50. The van der Waals surface area contributed by atoms with E-state index in [1.165, 1.54) is 0 Å². The van der Waals surface area contributed by atoms with Gasteiger partial charge in [0.2, 0.25) is 12.7 Å². The minimum Gasteiger partial charge on any atom is -0.454 e. The molecule has 1 aliphatic carbocycles. The van der Waals surface area contributed by atoms with Gasteiger partial charge in [0, 0.05) is 10.6 Å². The van der Waals surface area contributed by atoms with Crippen LogP contribution in [0.2, 0.25) is 5.02 Å². The number of amides is 2. The summed E-state index contributed by atoms with van der Waals surface area (Å²) in [5, 5.41) is 0.628. The van der Waals surface area contributed by atoms with Crippen LogP contribution in [-0.2, 0) is 10.2 Å². The number of carbonyl (C=O) groups is 2. The second-order valence-corrected chi connectivity index (χ2v) is 7.21. The number of benzene rings is 2. The first-order valence-electron chi connectivity index (χ1n) is 8.85. The Kier molecular flexibility index (Phi) is 4.66. The number of rotatable bonds is 3. The van der Waals surface area contributed by atoms with Crippen LogP contribution in [0.15, 0.2) is 42.5 Å². The predicted octanol–water partition coefficient (Wildman–Crippen LogP) is 3.34. The molecule has 2 aromatic rings. The molecule has 0 bridgehead atoms. The molecule has 2 aliphatic rings. The molecule has 1 fully saturated rings. The van der Waals surface area contributed by atoms with E-state index in [0.717, 1.165) is 31.2 Å². The van der Waals surface area contributed by atoms with Crippen LogP contribution in [0.5, 0.6) is 11.5 Å². The molecule has 0 aromatic heterocycles. The van der Waals surface area contributed by atoms with Crippen molar-refractivity contribution in [2.45, 2.75) is 31.1 Å². The maximum Gasteiger partial charge on any atom is 0.269 e. The lowest BCUT2D eigenvalue weighted by molar-refractivity contribution is -0.127. The van der Waals surface area contributed by atoms with E-state index < -0.39 is 11.3 Å². The van der Waals surface area contributed by atoms with Crippen LogP contribution >= 0.6 is 11.6 Å². The molecule has 7 heteroatoms. The van der Waals surface area contributed by atoms with Crippen LogP contribution in [0, 0.1) is 0 Å². The molecular formula is C20H19ClN2O4. The van der Waals surface area contributed by atoms with Crippen molar-refractivity contribution in [1.82, 2.24) is 10.9 Å². The van der Waals surface area contributed by atoms with Crippen molar-refractivity contribution in [3.63, 3.8) is 0 Å². The van der Waals surface area contributed by atoms with Gasteiger partial charge in [0.1, 0.15) is 0 Å². The Morgan fingerprint density at radius 3 is 2.37 bits per heavy atom. The number of halogens is 1. The number of hydrazine groups is 1. The third-order valence-corrected chi connectivity index (χ3v) is 5.46. The zero-order valence-electron chi connectivity index (χ0n) is 14.6. The van der Waals surface area contributed by atoms with Gasteiger partial charge in [-0.05, 0) is 48.7 Å². The second kappa shape index (κ2) is 7.12. The highest BCUT2D eigenvalue weighted by molar-refractivity contribution is 6.30. The van der Waals surface area contributed by atoms with Crippen molar-refractivity contribution in [3.05, 3.63) is 58.6 Å². The third kappa shape index (κ3) is 3.32. The number of hydrogen-bond acceptors (Lipinski definition) is 4.